The fourth-order valence-electron chi connectivity index (χ4n) is 1.66. The number of halogens is 1. The average molecular weight is 402 g/mol. The number of aromatic nitrogens is 1. The van der Waals surface area contributed by atoms with Crippen LogP contribution in [0.3, 0.4) is 0 Å². The molecule has 0 fully saturated rings. The maximum absolute atomic E-state index is 11.9. The highest BCUT2D eigenvalue weighted by molar-refractivity contribution is 9.10. The van der Waals surface area contributed by atoms with Gasteiger partial charge >= 0.3 is 6.03 Å². The van der Waals surface area contributed by atoms with Gasteiger partial charge in [0.05, 0.1) is 19.7 Å². The molecule has 9 nitrogen and oxygen atoms in total. The summed E-state index contributed by atoms with van der Waals surface area (Å²) in [6.07, 6.45) is 1.56. The third kappa shape index (κ3) is 8.56. The summed E-state index contributed by atoms with van der Waals surface area (Å²) in [4.78, 5) is 40.4. The van der Waals surface area contributed by atoms with E-state index in [2.05, 4.69) is 36.9 Å². The van der Waals surface area contributed by atoms with Crippen LogP contribution in [0.25, 0.3) is 0 Å². The number of likely N-dealkylation sites (N-methyl/N-ethyl adjacent to an activating group) is 1. The van der Waals surface area contributed by atoms with E-state index in [0.29, 0.717) is 19.0 Å². The number of hydrogen-bond donors (Lipinski definition) is 3. The summed E-state index contributed by atoms with van der Waals surface area (Å²) >= 11 is 3.25. The highest BCUT2D eigenvalue weighted by Crippen LogP contribution is 2.10. The van der Waals surface area contributed by atoms with Gasteiger partial charge in [-0.2, -0.15) is 0 Å². The zero-order chi connectivity index (χ0) is 17.9. The van der Waals surface area contributed by atoms with Gasteiger partial charge in [0.2, 0.25) is 11.8 Å². The number of nitrogens with zero attached hydrogens (tertiary/aromatic N) is 2. The third-order valence-corrected chi connectivity index (χ3v) is 3.14. The Morgan fingerprint density at radius 3 is 2.58 bits per heavy atom. The molecule has 1 aromatic heterocycles. The Kier molecular flexibility index (Phi) is 8.90. The van der Waals surface area contributed by atoms with Crippen molar-refractivity contribution in [2.75, 3.05) is 45.7 Å². The number of amides is 4. The van der Waals surface area contributed by atoms with Crippen LogP contribution in [-0.4, -0.2) is 68.1 Å². The Morgan fingerprint density at radius 2 is 1.96 bits per heavy atom. The summed E-state index contributed by atoms with van der Waals surface area (Å²) in [5, 5.41) is 7.23. The molecule has 1 rings (SSSR count). The Balaban J connectivity index is 2.30. The monoisotopic (exact) mass is 401 g/mol. The average Bonchev–Trinajstić information content (AvgIpc) is 2.49. The van der Waals surface area contributed by atoms with E-state index in [1.807, 2.05) is 0 Å². The van der Waals surface area contributed by atoms with Gasteiger partial charge in [-0.3, -0.25) is 19.8 Å². The van der Waals surface area contributed by atoms with Crippen LogP contribution in [0.2, 0.25) is 0 Å². The van der Waals surface area contributed by atoms with Gasteiger partial charge in [-0.1, -0.05) is 0 Å². The van der Waals surface area contributed by atoms with Gasteiger partial charge in [-0.05, 0) is 35.1 Å². The number of anilines is 1. The van der Waals surface area contributed by atoms with E-state index in [4.69, 9.17) is 4.74 Å². The molecule has 10 heteroatoms. The molecule has 0 spiro atoms. The molecule has 0 atom stereocenters. The van der Waals surface area contributed by atoms with Crippen LogP contribution in [-0.2, 0) is 14.3 Å². The third-order valence-electron chi connectivity index (χ3n) is 2.67. The first-order valence-corrected chi connectivity index (χ1v) is 7.86. The van der Waals surface area contributed by atoms with Crippen molar-refractivity contribution < 1.29 is 19.1 Å². The summed E-state index contributed by atoms with van der Waals surface area (Å²) in [6.45, 7) is 0.537. The zero-order valence-corrected chi connectivity index (χ0v) is 15.1. The SMILES string of the molecule is COCCNC(=O)NC(=O)CN(C)CC(=O)Nc1ccc(Br)cn1. The van der Waals surface area contributed by atoms with Crippen LogP contribution in [0.4, 0.5) is 10.6 Å². The lowest BCUT2D eigenvalue weighted by atomic mass is 10.4. The second kappa shape index (κ2) is 10.7. The van der Waals surface area contributed by atoms with Crippen molar-refractivity contribution in [3.05, 3.63) is 22.8 Å². The fourth-order valence-corrected chi connectivity index (χ4v) is 1.89. The van der Waals surface area contributed by atoms with Crippen LogP contribution in [0, 0.1) is 0 Å². The first kappa shape index (κ1) is 20.0. The Labute approximate surface area is 148 Å². The number of imide groups is 1. The molecule has 3 N–H and O–H groups in total. The number of hydrogen-bond acceptors (Lipinski definition) is 6. The van der Waals surface area contributed by atoms with Gasteiger partial charge in [-0.15, -0.1) is 0 Å². The minimum Gasteiger partial charge on any atom is -0.383 e. The van der Waals surface area contributed by atoms with Crippen LogP contribution >= 0.6 is 15.9 Å². The number of rotatable bonds is 8. The molecule has 0 aliphatic carbocycles. The van der Waals surface area contributed by atoms with E-state index in [1.165, 1.54) is 12.0 Å². The van der Waals surface area contributed by atoms with Gasteiger partial charge in [-0.25, -0.2) is 9.78 Å². The number of carbonyl (C=O) groups excluding carboxylic acids is 3. The Morgan fingerprint density at radius 1 is 1.25 bits per heavy atom. The number of methoxy groups -OCH3 is 1. The van der Waals surface area contributed by atoms with Crippen LogP contribution < -0.4 is 16.0 Å². The molecule has 0 saturated heterocycles. The Bertz CT molecular complexity index is 567. The zero-order valence-electron chi connectivity index (χ0n) is 13.5. The van der Waals surface area contributed by atoms with Gasteiger partial charge in [0.25, 0.3) is 0 Å². The van der Waals surface area contributed by atoms with Crippen molar-refractivity contribution in [3.8, 4) is 0 Å². The molecule has 0 unspecified atom stereocenters. The molecule has 4 amide bonds. The molecule has 0 aliphatic heterocycles. The maximum atomic E-state index is 11.9. The topological polar surface area (TPSA) is 113 Å². The lowest BCUT2D eigenvalue weighted by Gasteiger charge is -2.15. The lowest BCUT2D eigenvalue weighted by Crippen LogP contribution is -2.45. The predicted molar refractivity (Wildman–Crippen MR) is 91.5 cm³/mol. The molecule has 0 aromatic carbocycles. The van der Waals surface area contributed by atoms with Crippen LogP contribution in [0.15, 0.2) is 22.8 Å². The van der Waals surface area contributed by atoms with Gasteiger partial charge in [0, 0.05) is 24.3 Å². The van der Waals surface area contributed by atoms with E-state index in [-0.39, 0.29) is 19.0 Å². The van der Waals surface area contributed by atoms with E-state index < -0.39 is 11.9 Å². The van der Waals surface area contributed by atoms with Crippen molar-refractivity contribution in [1.82, 2.24) is 20.5 Å². The van der Waals surface area contributed by atoms with E-state index in [9.17, 15) is 14.4 Å². The van der Waals surface area contributed by atoms with Crippen LogP contribution in [0.1, 0.15) is 0 Å². The highest BCUT2D eigenvalue weighted by atomic mass is 79.9. The smallest absolute Gasteiger partial charge is 0.321 e. The Hall–Kier alpha value is -2.04. The number of nitrogens with one attached hydrogen (secondary N) is 3. The highest BCUT2D eigenvalue weighted by Gasteiger charge is 2.13. The van der Waals surface area contributed by atoms with E-state index in [1.54, 1.807) is 25.4 Å². The number of urea groups is 1. The number of pyridine rings is 1. The van der Waals surface area contributed by atoms with Gasteiger partial charge in [0.1, 0.15) is 5.82 Å². The summed E-state index contributed by atoms with van der Waals surface area (Å²) in [5.74, 6) is -0.412. The lowest BCUT2D eigenvalue weighted by molar-refractivity contribution is -0.122. The molecule has 132 valence electrons. The van der Waals surface area contributed by atoms with Crippen LogP contribution in [0.5, 0.6) is 0 Å². The predicted octanol–water partition coefficient (Wildman–Crippen LogP) is 0.187. The molecule has 0 bridgehead atoms. The molecule has 0 aliphatic rings. The number of ether oxygens (including phenoxy) is 1. The van der Waals surface area contributed by atoms with Crippen molar-refractivity contribution in [2.45, 2.75) is 0 Å². The first-order valence-electron chi connectivity index (χ1n) is 7.07. The minimum absolute atomic E-state index is 0.0174. The summed E-state index contributed by atoms with van der Waals surface area (Å²) < 4.78 is 5.58. The first-order chi connectivity index (χ1) is 11.4. The van der Waals surface area contributed by atoms with Gasteiger partial charge < -0.3 is 15.4 Å². The molecule has 0 saturated carbocycles. The molecule has 0 radical (unpaired) electrons. The molecule has 24 heavy (non-hydrogen) atoms. The molecule has 1 heterocycles. The normalized spacial score (nSPS) is 10.3. The number of carbonyl (C=O) groups is 3. The van der Waals surface area contributed by atoms with E-state index >= 15 is 0 Å². The van der Waals surface area contributed by atoms with Crippen molar-refractivity contribution in [1.29, 1.82) is 0 Å². The second-order valence-corrected chi connectivity index (χ2v) is 5.79. The minimum atomic E-state index is -0.603. The van der Waals surface area contributed by atoms with Crippen molar-refractivity contribution in [3.63, 3.8) is 0 Å². The van der Waals surface area contributed by atoms with Crippen molar-refractivity contribution in [2.24, 2.45) is 0 Å². The van der Waals surface area contributed by atoms with E-state index in [0.717, 1.165) is 4.47 Å². The quantitative estimate of drug-likeness (QED) is 0.535. The molecule has 1 aromatic rings. The fraction of sp³-hybridized carbons (Fsp3) is 0.429. The molecular weight excluding hydrogens is 382 g/mol. The van der Waals surface area contributed by atoms with Crippen molar-refractivity contribution >= 4 is 39.6 Å². The summed E-state index contributed by atoms with van der Waals surface area (Å²) in [5.41, 5.74) is 0. The second-order valence-electron chi connectivity index (χ2n) is 4.88. The largest absolute Gasteiger partial charge is 0.383 e. The van der Waals surface area contributed by atoms with Gasteiger partial charge in [0.15, 0.2) is 0 Å². The standard InChI is InChI=1S/C14H20BrN5O4/c1-20(9-13(22)19-14(23)16-5-6-24-2)8-12(21)18-11-4-3-10(15)7-17-11/h3-4,7H,5-6,8-9H2,1-2H3,(H,17,18,21)(H2,16,19,22,23). The summed E-state index contributed by atoms with van der Waals surface area (Å²) in [6, 6.07) is 2.80. The molecular formula is C14H20BrN5O4. The maximum Gasteiger partial charge on any atom is 0.321 e. The summed E-state index contributed by atoms with van der Waals surface area (Å²) in [7, 11) is 3.10.